The van der Waals surface area contributed by atoms with Gasteiger partial charge in [-0.3, -0.25) is 4.79 Å². The molecule has 0 bridgehead atoms. The molecule has 1 saturated heterocycles. The predicted octanol–water partition coefficient (Wildman–Crippen LogP) is 5.11. The van der Waals surface area contributed by atoms with E-state index in [1.807, 2.05) is 6.92 Å². The van der Waals surface area contributed by atoms with E-state index in [1.165, 1.54) is 35.1 Å². The number of hydrogen-bond donors (Lipinski definition) is 1. The van der Waals surface area contributed by atoms with Crippen LogP contribution in [0.1, 0.15) is 52.5 Å². The van der Waals surface area contributed by atoms with Gasteiger partial charge < -0.3 is 10.2 Å². The van der Waals surface area contributed by atoms with Crippen LogP contribution < -0.4 is 5.32 Å². The monoisotopic (exact) mass is 404 g/mol. The van der Waals surface area contributed by atoms with Gasteiger partial charge in [0.15, 0.2) is 4.34 Å². The number of carbonyl (C=O) groups excluding carboxylic acids is 1. The molecule has 2 heterocycles. The SMILES string of the molecule is CCc1ccc(Nc2nnc(S[C@H](C)C(=O)N3[C@@H](C)CCC[C@@H]3C)s2)cc1. The second-order valence-electron chi connectivity index (χ2n) is 7.18. The largest absolute Gasteiger partial charge is 0.336 e. The lowest BCUT2D eigenvalue weighted by Gasteiger charge is -2.40. The molecule has 0 saturated carbocycles. The van der Waals surface area contributed by atoms with Crippen molar-refractivity contribution in [2.45, 2.75) is 75.1 Å². The summed E-state index contributed by atoms with van der Waals surface area (Å²) >= 11 is 2.99. The van der Waals surface area contributed by atoms with Gasteiger partial charge in [-0.1, -0.05) is 42.2 Å². The first-order valence-electron chi connectivity index (χ1n) is 9.66. The van der Waals surface area contributed by atoms with Crippen molar-refractivity contribution in [2.75, 3.05) is 5.32 Å². The van der Waals surface area contributed by atoms with E-state index in [1.54, 1.807) is 0 Å². The summed E-state index contributed by atoms with van der Waals surface area (Å²) in [6, 6.07) is 8.97. The third-order valence-corrected chi connectivity index (χ3v) is 7.10. The number of aryl methyl sites for hydroxylation is 1. The van der Waals surface area contributed by atoms with E-state index in [4.69, 9.17) is 0 Å². The Balaban J connectivity index is 1.60. The van der Waals surface area contributed by atoms with Crippen LogP contribution in [-0.2, 0) is 11.2 Å². The molecule has 27 heavy (non-hydrogen) atoms. The maximum absolute atomic E-state index is 12.9. The number of anilines is 2. The Hall–Kier alpha value is -1.60. The van der Waals surface area contributed by atoms with E-state index in [-0.39, 0.29) is 11.2 Å². The van der Waals surface area contributed by atoms with Crippen molar-refractivity contribution in [1.29, 1.82) is 0 Å². The Labute approximate surface area is 170 Å². The highest BCUT2D eigenvalue weighted by Crippen LogP contribution is 2.33. The van der Waals surface area contributed by atoms with E-state index < -0.39 is 0 Å². The first-order chi connectivity index (χ1) is 13.0. The summed E-state index contributed by atoms with van der Waals surface area (Å²) < 4.78 is 0.820. The average Bonchev–Trinajstić information content (AvgIpc) is 3.09. The molecular weight excluding hydrogens is 376 g/mol. The van der Waals surface area contributed by atoms with E-state index in [9.17, 15) is 4.79 Å². The zero-order valence-corrected chi connectivity index (χ0v) is 18.1. The molecule has 1 aromatic carbocycles. The summed E-state index contributed by atoms with van der Waals surface area (Å²) in [5.41, 5.74) is 2.31. The Morgan fingerprint density at radius 2 is 1.93 bits per heavy atom. The molecule has 1 aliphatic heterocycles. The summed E-state index contributed by atoms with van der Waals surface area (Å²) in [6.07, 6.45) is 4.42. The second kappa shape index (κ2) is 9.06. The smallest absolute Gasteiger partial charge is 0.236 e. The van der Waals surface area contributed by atoms with Gasteiger partial charge in [0.2, 0.25) is 11.0 Å². The number of thioether (sulfide) groups is 1. The van der Waals surface area contributed by atoms with Gasteiger partial charge in [0.1, 0.15) is 0 Å². The van der Waals surface area contributed by atoms with Crippen LogP contribution in [0.5, 0.6) is 0 Å². The molecule has 5 nitrogen and oxygen atoms in total. The molecule has 7 heteroatoms. The molecule has 1 aromatic heterocycles. The molecule has 1 amide bonds. The highest BCUT2D eigenvalue weighted by molar-refractivity contribution is 8.02. The highest BCUT2D eigenvalue weighted by Gasteiger charge is 2.32. The van der Waals surface area contributed by atoms with Gasteiger partial charge >= 0.3 is 0 Å². The minimum atomic E-state index is -0.155. The number of nitrogens with zero attached hydrogens (tertiary/aromatic N) is 3. The maximum Gasteiger partial charge on any atom is 0.236 e. The Bertz CT molecular complexity index is 752. The number of aromatic nitrogens is 2. The molecule has 0 radical (unpaired) electrons. The van der Waals surface area contributed by atoms with Crippen LogP contribution in [0, 0.1) is 0 Å². The topological polar surface area (TPSA) is 58.1 Å². The Kier molecular flexibility index (Phi) is 6.76. The fraction of sp³-hybridized carbons (Fsp3) is 0.550. The highest BCUT2D eigenvalue weighted by atomic mass is 32.2. The molecule has 1 fully saturated rings. The van der Waals surface area contributed by atoms with Crippen molar-refractivity contribution in [3.63, 3.8) is 0 Å². The standard InChI is InChI=1S/C20H28N4OS2/c1-5-16-9-11-17(12-10-16)21-19-22-23-20(27-19)26-15(4)18(25)24-13(2)7-6-8-14(24)3/h9-15H,5-8H2,1-4H3,(H,21,22)/t13-,14-,15+/m0/s1. The third kappa shape index (κ3) is 5.02. The predicted molar refractivity (Wildman–Crippen MR) is 114 cm³/mol. The van der Waals surface area contributed by atoms with Gasteiger partial charge in [-0.15, -0.1) is 10.2 Å². The minimum Gasteiger partial charge on any atom is -0.336 e. The van der Waals surface area contributed by atoms with Crippen LogP contribution in [0.3, 0.4) is 0 Å². The fourth-order valence-corrected chi connectivity index (χ4v) is 5.50. The summed E-state index contributed by atoms with van der Waals surface area (Å²) in [7, 11) is 0. The molecule has 0 spiro atoms. The van der Waals surface area contributed by atoms with E-state index in [0.29, 0.717) is 12.1 Å². The quantitative estimate of drug-likeness (QED) is 0.678. The fourth-order valence-electron chi connectivity index (χ4n) is 3.52. The molecule has 0 aliphatic carbocycles. The third-order valence-electron chi connectivity index (χ3n) is 5.09. The summed E-state index contributed by atoms with van der Waals surface area (Å²) in [5, 5.41) is 12.4. The van der Waals surface area contributed by atoms with Crippen molar-refractivity contribution in [3.05, 3.63) is 29.8 Å². The lowest BCUT2D eigenvalue weighted by atomic mass is 9.97. The van der Waals surface area contributed by atoms with Gasteiger partial charge in [-0.05, 0) is 64.2 Å². The molecule has 0 unspecified atom stereocenters. The van der Waals surface area contributed by atoms with Crippen molar-refractivity contribution in [1.82, 2.24) is 15.1 Å². The van der Waals surface area contributed by atoms with Crippen LogP contribution in [0.4, 0.5) is 10.8 Å². The molecular formula is C20H28N4OS2. The first-order valence-corrected chi connectivity index (χ1v) is 11.4. The number of carbonyl (C=O) groups is 1. The summed E-state index contributed by atoms with van der Waals surface area (Å²) in [4.78, 5) is 15.0. The van der Waals surface area contributed by atoms with Crippen LogP contribution in [0.15, 0.2) is 28.6 Å². The lowest BCUT2D eigenvalue weighted by molar-refractivity contribution is -0.136. The van der Waals surface area contributed by atoms with Crippen molar-refractivity contribution >= 4 is 39.8 Å². The average molecular weight is 405 g/mol. The Morgan fingerprint density at radius 1 is 1.26 bits per heavy atom. The van der Waals surface area contributed by atoms with Gasteiger partial charge in [0.25, 0.3) is 0 Å². The van der Waals surface area contributed by atoms with Crippen molar-refractivity contribution in [3.8, 4) is 0 Å². The molecule has 146 valence electrons. The van der Waals surface area contributed by atoms with Crippen LogP contribution in [-0.4, -0.2) is 38.3 Å². The number of rotatable bonds is 6. The van der Waals surface area contributed by atoms with Crippen molar-refractivity contribution < 1.29 is 4.79 Å². The zero-order chi connectivity index (χ0) is 19.4. The zero-order valence-electron chi connectivity index (χ0n) is 16.4. The molecule has 1 aliphatic rings. The number of nitrogens with one attached hydrogen (secondary N) is 1. The molecule has 2 aromatic rings. The van der Waals surface area contributed by atoms with E-state index >= 15 is 0 Å². The summed E-state index contributed by atoms with van der Waals surface area (Å²) in [6.45, 7) is 8.42. The van der Waals surface area contributed by atoms with E-state index in [2.05, 4.69) is 65.5 Å². The molecule has 1 N–H and O–H groups in total. The van der Waals surface area contributed by atoms with Gasteiger partial charge in [0, 0.05) is 17.8 Å². The number of amides is 1. The number of benzene rings is 1. The molecule has 3 atom stereocenters. The number of hydrogen-bond acceptors (Lipinski definition) is 6. The maximum atomic E-state index is 12.9. The van der Waals surface area contributed by atoms with Crippen LogP contribution >= 0.6 is 23.1 Å². The van der Waals surface area contributed by atoms with Crippen molar-refractivity contribution in [2.24, 2.45) is 0 Å². The summed E-state index contributed by atoms with van der Waals surface area (Å²) in [5.74, 6) is 0.208. The Morgan fingerprint density at radius 3 is 2.56 bits per heavy atom. The van der Waals surface area contributed by atoms with Gasteiger partial charge in [-0.2, -0.15) is 0 Å². The molecule has 3 rings (SSSR count). The number of likely N-dealkylation sites (tertiary alicyclic amines) is 1. The van der Waals surface area contributed by atoms with Gasteiger partial charge in [0.05, 0.1) is 5.25 Å². The van der Waals surface area contributed by atoms with E-state index in [0.717, 1.165) is 34.4 Å². The minimum absolute atomic E-state index is 0.155. The first kappa shape index (κ1) is 20.1. The normalized spacial score (nSPS) is 21.1. The van der Waals surface area contributed by atoms with Crippen LogP contribution in [0.2, 0.25) is 0 Å². The second-order valence-corrected chi connectivity index (χ2v) is 9.75. The van der Waals surface area contributed by atoms with Crippen LogP contribution in [0.25, 0.3) is 0 Å². The van der Waals surface area contributed by atoms with Gasteiger partial charge in [-0.25, -0.2) is 0 Å². The lowest BCUT2D eigenvalue weighted by Crippen LogP contribution is -2.50. The number of piperidine rings is 1.